The second-order valence-electron chi connectivity index (χ2n) is 5.47. The molecule has 0 spiro atoms. The monoisotopic (exact) mass is 393 g/mol. The Balaban J connectivity index is 1.51. The third kappa shape index (κ3) is 4.62. The lowest BCUT2D eigenvalue weighted by atomic mass is 10.1. The fraction of sp³-hybridized carbons (Fsp3) is 0.235. The standard InChI is InChI=1S/C17H16ClN3O2S2/c1-11(12-2-4-13(18)5-3-12)19-15(22)10-24-9-14-8-16(23)21-6-7-25-17(21)20-14/h2-8,11H,9-10H2,1H3,(H,19,22)/t11-/m0/s1. The Kier molecular flexibility index (Phi) is 5.78. The molecule has 8 heteroatoms. The normalized spacial score (nSPS) is 12.2. The van der Waals surface area contributed by atoms with Crippen molar-refractivity contribution in [2.45, 2.75) is 18.7 Å². The Bertz CT molecular complexity index is 937. The first-order valence-corrected chi connectivity index (χ1v) is 10.0. The minimum absolute atomic E-state index is 0.0543. The molecular formula is C17H16ClN3O2S2. The number of hydrogen-bond donors (Lipinski definition) is 1. The summed E-state index contributed by atoms with van der Waals surface area (Å²) >= 11 is 8.72. The molecule has 5 nitrogen and oxygen atoms in total. The van der Waals surface area contributed by atoms with Crippen molar-refractivity contribution in [1.29, 1.82) is 0 Å². The predicted molar refractivity (Wildman–Crippen MR) is 104 cm³/mol. The number of aromatic nitrogens is 2. The van der Waals surface area contributed by atoms with Crippen LogP contribution in [0.2, 0.25) is 5.02 Å². The van der Waals surface area contributed by atoms with E-state index in [1.807, 2.05) is 24.4 Å². The van der Waals surface area contributed by atoms with Crippen molar-refractivity contribution in [2.24, 2.45) is 0 Å². The second kappa shape index (κ2) is 8.03. The van der Waals surface area contributed by atoms with Crippen molar-refractivity contribution in [3.05, 3.63) is 68.5 Å². The molecule has 0 bridgehead atoms. The van der Waals surface area contributed by atoms with E-state index in [-0.39, 0.29) is 17.5 Å². The summed E-state index contributed by atoms with van der Waals surface area (Å²) in [4.78, 5) is 29.1. The first kappa shape index (κ1) is 18.0. The van der Waals surface area contributed by atoms with Gasteiger partial charge in [0.1, 0.15) is 0 Å². The molecule has 25 heavy (non-hydrogen) atoms. The highest BCUT2D eigenvalue weighted by atomic mass is 35.5. The third-order valence-corrected chi connectivity index (χ3v) is 5.56. The van der Waals surface area contributed by atoms with Gasteiger partial charge in [0.05, 0.1) is 17.5 Å². The lowest BCUT2D eigenvalue weighted by Crippen LogP contribution is -2.28. The van der Waals surface area contributed by atoms with Gasteiger partial charge in [0, 0.05) is 28.4 Å². The van der Waals surface area contributed by atoms with Crippen LogP contribution in [0.4, 0.5) is 0 Å². The van der Waals surface area contributed by atoms with Crippen LogP contribution in [-0.4, -0.2) is 21.0 Å². The molecule has 1 aromatic carbocycles. The number of rotatable bonds is 6. The molecule has 0 fully saturated rings. The molecule has 1 amide bonds. The van der Waals surface area contributed by atoms with E-state index in [1.165, 1.54) is 33.6 Å². The number of nitrogens with zero attached hydrogens (tertiary/aromatic N) is 2. The van der Waals surface area contributed by atoms with E-state index < -0.39 is 0 Å². The van der Waals surface area contributed by atoms with Crippen LogP contribution in [0.25, 0.3) is 4.96 Å². The largest absolute Gasteiger partial charge is 0.349 e. The predicted octanol–water partition coefficient (Wildman–Crippen LogP) is 3.52. The highest BCUT2D eigenvalue weighted by molar-refractivity contribution is 7.99. The first-order valence-electron chi connectivity index (χ1n) is 7.61. The maximum atomic E-state index is 12.1. The lowest BCUT2D eigenvalue weighted by Gasteiger charge is -2.14. The zero-order chi connectivity index (χ0) is 17.8. The molecule has 1 N–H and O–H groups in total. The summed E-state index contributed by atoms with van der Waals surface area (Å²) in [7, 11) is 0. The van der Waals surface area contributed by atoms with Gasteiger partial charge in [0.25, 0.3) is 5.56 Å². The maximum Gasteiger partial charge on any atom is 0.258 e. The Morgan fingerprint density at radius 3 is 2.92 bits per heavy atom. The van der Waals surface area contributed by atoms with Gasteiger partial charge in [-0.3, -0.25) is 14.0 Å². The van der Waals surface area contributed by atoms with Gasteiger partial charge in [-0.2, -0.15) is 0 Å². The van der Waals surface area contributed by atoms with Crippen molar-refractivity contribution in [3.63, 3.8) is 0 Å². The first-order chi connectivity index (χ1) is 12.0. The van der Waals surface area contributed by atoms with Gasteiger partial charge in [0.15, 0.2) is 4.96 Å². The van der Waals surface area contributed by atoms with E-state index in [4.69, 9.17) is 11.6 Å². The summed E-state index contributed by atoms with van der Waals surface area (Å²) in [5.41, 5.74) is 1.60. The van der Waals surface area contributed by atoms with Gasteiger partial charge >= 0.3 is 0 Å². The molecule has 0 unspecified atom stereocenters. The Hall–Kier alpha value is -1.83. The SMILES string of the molecule is C[C@H](NC(=O)CSCc1cc(=O)n2ccsc2n1)c1ccc(Cl)cc1. The second-order valence-corrected chi connectivity index (χ2v) is 7.77. The molecule has 0 aliphatic heterocycles. The quantitative estimate of drug-likeness (QED) is 0.696. The number of benzene rings is 1. The van der Waals surface area contributed by atoms with Crippen LogP contribution in [-0.2, 0) is 10.5 Å². The molecule has 130 valence electrons. The molecule has 0 aliphatic carbocycles. The van der Waals surface area contributed by atoms with E-state index in [1.54, 1.807) is 18.3 Å². The van der Waals surface area contributed by atoms with Crippen molar-refractivity contribution in [3.8, 4) is 0 Å². The number of amides is 1. The topological polar surface area (TPSA) is 63.5 Å². The van der Waals surface area contributed by atoms with Crippen molar-refractivity contribution in [1.82, 2.24) is 14.7 Å². The zero-order valence-corrected chi connectivity index (χ0v) is 15.8. The molecule has 0 aliphatic rings. The van der Waals surface area contributed by atoms with Gasteiger partial charge in [-0.15, -0.1) is 23.1 Å². The molecule has 1 atom stereocenters. The van der Waals surface area contributed by atoms with Crippen molar-refractivity contribution < 1.29 is 4.79 Å². The molecule has 2 aromatic heterocycles. The van der Waals surface area contributed by atoms with Gasteiger partial charge in [-0.1, -0.05) is 23.7 Å². The number of nitrogens with one attached hydrogen (secondary N) is 1. The summed E-state index contributed by atoms with van der Waals surface area (Å²) < 4.78 is 1.51. The average molecular weight is 394 g/mol. The van der Waals surface area contributed by atoms with Crippen LogP contribution in [0.15, 0.2) is 46.7 Å². The number of carbonyl (C=O) groups excluding carboxylic acids is 1. The Morgan fingerprint density at radius 1 is 1.40 bits per heavy atom. The van der Waals surface area contributed by atoms with Gasteiger partial charge in [-0.25, -0.2) is 4.98 Å². The molecule has 2 heterocycles. The van der Waals surface area contributed by atoms with Gasteiger partial charge in [-0.05, 0) is 24.6 Å². The van der Waals surface area contributed by atoms with E-state index in [0.29, 0.717) is 27.2 Å². The fourth-order valence-corrected chi connectivity index (χ4v) is 3.92. The van der Waals surface area contributed by atoms with E-state index in [9.17, 15) is 9.59 Å². The fourth-order valence-electron chi connectivity index (χ4n) is 2.33. The summed E-state index contributed by atoms with van der Waals surface area (Å²) in [5.74, 6) is 0.775. The van der Waals surface area contributed by atoms with Crippen LogP contribution in [0, 0.1) is 0 Å². The minimum atomic E-state index is -0.0948. The van der Waals surface area contributed by atoms with Crippen molar-refractivity contribution in [2.75, 3.05) is 5.75 Å². The molecule has 0 radical (unpaired) electrons. The zero-order valence-electron chi connectivity index (χ0n) is 13.4. The van der Waals surface area contributed by atoms with Gasteiger partial charge < -0.3 is 5.32 Å². The van der Waals surface area contributed by atoms with Gasteiger partial charge in [0.2, 0.25) is 5.91 Å². The number of halogens is 1. The van der Waals surface area contributed by atoms with E-state index >= 15 is 0 Å². The van der Waals surface area contributed by atoms with Crippen LogP contribution in [0.1, 0.15) is 24.2 Å². The molecule has 0 saturated heterocycles. The summed E-state index contributed by atoms with van der Waals surface area (Å²) in [6, 6.07) is 8.83. The molecule has 0 saturated carbocycles. The maximum absolute atomic E-state index is 12.1. The highest BCUT2D eigenvalue weighted by Gasteiger charge is 2.10. The summed E-state index contributed by atoms with van der Waals surface area (Å²) in [6.07, 6.45) is 1.71. The smallest absolute Gasteiger partial charge is 0.258 e. The number of fused-ring (bicyclic) bond motifs is 1. The van der Waals surface area contributed by atoms with E-state index in [0.717, 1.165) is 5.56 Å². The van der Waals surface area contributed by atoms with Crippen LogP contribution >= 0.6 is 34.7 Å². The molecule has 3 aromatic rings. The lowest BCUT2D eigenvalue weighted by molar-refractivity contribution is -0.119. The Labute approximate surface area is 158 Å². The van der Waals surface area contributed by atoms with Crippen LogP contribution in [0.5, 0.6) is 0 Å². The minimum Gasteiger partial charge on any atom is -0.349 e. The number of thiazole rings is 1. The Morgan fingerprint density at radius 2 is 2.16 bits per heavy atom. The molecular weight excluding hydrogens is 378 g/mol. The number of carbonyl (C=O) groups is 1. The van der Waals surface area contributed by atoms with Crippen molar-refractivity contribution >= 4 is 45.6 Å². The summed E-state index contributed by atoms with van der Waals surface area (Å²) in [6.45, 7) is 1.93. The third-order valence-electron chi connectivity index (χ3n) is 3.59. The van der Waals surface area contributed by atoms with Crippen LogP contribution < -0.4 is 10.9 Å². The summed E-state index contributed by atoms with van der Waals surface area (Å²) in [5, 5.41) is 5.45. The molecule has 3 rings (SSSR count). The highest BCUT2D eigenvalue weighted by Crippen LogP contribution is 2.17. The number of thioether (sulfide) groups is 1. The van der Waals surface area contributed by atoms with Crippen LogP contribution in [0.3, 0.4) is 0 Å². The van der Waals surface area contributed by atoms with E-state index in [2.05, 4.69) is 10.3 Å². The average Bonchev–Trinajstić information content (AvgIpc) is 3.04. The number of hydrogen-bond acceptors (Lipinski definition) is 5.